The molecule has 0 aliphatic heterocycles. The standard InChI is InChI=1S/C20H32O/c1-7-19(5,21)14-11-16-15(2)9-10-17-18(3,4)12-8-13-20(16,17)6/h7,9,11,17,21H,1,8,10,12-14H2,2-6H3/b16-11+/t17-,19+,20+/m0/s1. The van der Waals surface area contributed by atoms with Crippen LogP contribution in [0, 0.1) is 16.7 Å². The molecule has 0 amide bonds. The average Bonchev–Trinajstić information content (AvgIpc) is 2.36. The lowest BCUT2D eigenvalue weighted by atomic mass is 9.50. The highest BCUT2D eigenvalue weighted by molar-refractivity contribution is 5.40. The molecule has 1 N–H and O–H groups in total. The molecule has 2 rings (SSSR count). The van der Waals surface area contributed by atoms with Gasteiger partial charge < -0.3 is 5.11 Å². The third kappa shape index (κ3) is 3.04. The van der Waals surface area contributed by atoms with Crippen LogP contribution in [0.2, 0.25) is 0 Å². The molecule has 0 unspecified atom stereocenters. The summed E-state index contributed by atoms with van der Waals surface area (Å²) in [5.41, 5.74) is 2.74. The van der Waals surface area contributed by atoms with Gasteiger partial charge in [0.05, 0.1) is 5.60 Å². The highest BCUT2D eigenvalue weighted by Gasteiger charge is 2.49. The summed E-state index contributed by atoms with van der Waals surface area (Å²) in [5.74, 6) is 0.711. The van der Waals surface area contributed by atoms with Gasteiger partial charge in [0.25, 0.3) is 0 Å². The number of allylic oxidation sites excluding steroid dienone is 3. The van der Waals surface area contributed by atoms with E-state index in [4.69, 9.17) is 0 Å². The minimum absolute atomic E-state index is 0.262. The van der Waals surface area contributed by atoms with Crippen LogP contribution in [0.3, 0.4) is 0 Å². The zero-order chi connectivity index (χ0) is 15.9. The quantitative estimate of drug-likeness (QED) is 0.687. The molecule has 0 aromatic rings. The lowest BCUT2D eigenvalue weighted by Crippen LogP contribution is -2.45. The summed E-state index contributed by atoms with van der Waals surface area (Å²) < 4.78 is 0. The highest BCUT2D eigenvalue weighted by Crippen LogP contribution is 2.59. The van der Waals surface area contributed by atoms with Gasteiger partial charge in [-0.15, -0.1) is 6.58 Å². The van der Waals surface area contributed by atoms with Gasteiger partial charge in [-0.05, 0) is 61.9 Å². The predicted molar refractivity (Wildman–Crippen MR) is 91.1 cm³/mol. The maximum absolute atomic E-state index is 10.2. The molecule has 1 nitrogen and oxygen atoms in total. The van der Waals surface area contributed by atoms with Crippen LogP contribution in [0.5, 0.6) is 0 Å². The zero-order valence-corrected chi connectivity index (χ0v) is 14.5. The summed E-state index contributed by atoms with van der Waals surface area (Å²) in [6.45, 7) is 15.1. The molecule has 0 aromatic heterocycles. The first-order chi connectivity index (χ1) is 9.62. The first kappa shape index (κ1) is 16.5. The Hall–Kier alpha value is -0.820. The topological polar surface area (TPSA) is 20.2 Å². The number of hydrogen-bond acceptors (Lipinski definition) is 1. The summed E-state index contributed by atoms with van der Waals surface area (Å²) in [6.07, 6.45) is 12.1. The van der Waals surface area contributed by atoms with E-state index in [1.54, 1.807) is 6.08 Å². The van der Waals surface area contributed by atoms with Crippen molar-refractivity contribution in [2.75, 3.05) is 0 Å². The molecule has 1 fully saturated rings. The second kappa shape index (κ2) is 5.43. The van der Waals surface area contributed by atoms with Gasteiger partial charge in [0.1, 0.15) is 0 Å². The van der Waals surface area contributed by atoms with Gasteiger partial charge in [-0.1, -0.05) is 51.0 Å². The van der Waals surface area contributed by atoms with Crippen molar-refractivity contribution in [1.82, 2.24) is 0 Å². The largest absolute Gasteiger partial charge is 0.386 e. The Morgan fingerprint density at radius 1 is 1.38 bits per heavy atom. The van der Waals surface area contributed by atoms with Crippen LogP contribution < -0.4 is 0 Å². The summed E-state index contributed by atoms with van der Waals surface area (Å²) in [4.78, 5) is 0. The Kier molecular flexibility index (Phi) is 4.28. The van der Waals surface area contributed by atoms with Crippen LogP contribution in [0.1, 0.15) is 66.7 Å². The van der Waals surface area contributed by atoms with Gasteiger partial charge in [0.2, 0.25) is 0 Å². The highest BCUT2D eigenvalue weighted by atomic mass is 16.3. The van der Waals surface area contributed by atoms with Gasteiger partial charge in [0, 0.05) is 0 Å². The number of aliphatic hydroxyl groups is 1. The van der Waals surface area contributed by atoms with Crippen molar-refractivity contribution < 1.29 is 5.11 Å². The SMILES string of the molecule is C=C[C@@](C)(O)C/C=C1\C(C)=CC[C@H]2C(C)(C)CCC[C@]12C. The summed E-state index contributed by atoms with van der Waals surface area (Å²) in [5, 5.41) is 10.2. The van der Waals surface area contributed by atoms with Crippen molar-refractivity contribution in [3.05, 3.63) is 36.0 Å². The minimum Gasteiger partial charge on any atom is -0.386 e. The number of fused-ring (bicyclic) bond motifs is 1. The molecule has 0 bridgehead atoms. The second-order valence-electron chi connectivity index (χ2n) is 8.32. The van der Waals surface area contributed by atoms with E-state index in [-0.39, 0.29) is 5.41 Å². The fourth-order valence-corrected chi connectivity index (χ4v) is 4.66. The van der Waals surface area contributed by atoms with E-state index in [0.29, 0.717) is 17.8 Å². The van der Waals surface area contributed by atoms with Crippen molar-refractivity contribution >= 4 is 0 Å². The van der Waals surface area contributed by atoms with E-state index in [9.17, 15) is 5.11 Å². The van der Waals surface area contributed by atoms with Crippen molar-refractivity contribution in [2.24, 2.45) is 16.7 Å². The van der Waals surface area contributed by atoms with Crippen LogP contribution in [-0.4, -0.2) is 10.7 Å². The normalized spacial score (nSPS) is 36.6. The van der Waals surface area contributed by atoms with E-state index < -0.39 is 5.60 Å². The third-order valence-electron chi connectivity index (χ3n) is 6.09. The van der Waals surface area contributed by atoms with E-state index in [1.807, 2.05) is 6.92 Å². The molecule has 0 spiro atoms. The maximum atomic E-state index is 10.2. The summed E-state index contributed by atoms with van der Waals surface area (Å²) in [6, 6.07) is 0. The Morgan fingerprint density at radius 3 is 2.67 bits per heavy atom. The van der Waals surface area contributed by atoms with Crippen molar-refractivity contribution in [1.29, 1.82) is 0 Å². The predicted octanol–water partition coefficient (Wildman–Crippen LogP) is 5.42. The molecule has 2 aliphatic carbocycles. The molecular formula is C20H32O. The number of hydrogen-bond donors (Lipinski definition) is 1. The van der Waals surface area contributed by atoms with E-state index >= 15 is 0 Å². The first-order valence-electron chi connectivity index (χ1n) is 8.36. The van der Waals surface area contributed by atoms with E-state index in [1.165, 1.54) is 36.8 Å². The van der Waals surface area contributed by atoms with Crippen LogP contribution in [0.4, 0.5) is 0 Å². The van der Waals surface area contributed by atoms with Crippen LogP contribution in [0.15, 0.2) is 36.0 Å². The summed E-state index contributed by atoms with van der Waals surface area (Å²) >= 11 is 0. The monoisotopic (exact) mass is 288 g/mol. The molecule has 1 saturated carbocycles. The molecule has 0 heterocycles. The van der Waals surface area contributed by atoms with Gasteiger partial charge >= 0.3 is 0 Å². The first-order valence-corrected chi connectivity index (χ1v) is 8.36. The average molecular weight is 288 g/mol. The molecular weight excluding hydrogens is 256 g/mol. The zero-order valence-electron chi connectivity index (χ0n) is 14.5. The van der Waals surface area contributed by atoms with Crippen molar-refractivity contribution in [3.63, 3.8) is 0 Å². The Labute approximate surface area is 130 Å². The molecule has 2 aliphatic rings. The van der Waals surface area contributed by atoms with Gasteiger partial charge in [-0.2, -0.15) is 0 Å². The molecule has 118 valence electrons. The molecule has 1 heteroatoms. The Morgan fingerprint density at radius 2 is 2.05 bits per heavy atom. The minimum atomic E-state index is -0.805. The third-order valence-corrected chi connectivity index (χ3v) is 6.09. The number of rotatable bonds is 3. The lowest BCUT2D eigenvalue weighted by Gasteiger charge is -2.54. The second-order valence-corrected chi connectivity index (χ2v) is 8.32. The fraction of sp³-hybridized carbons (Fsp3) is 0.700. The van der Waals surface area contributed by atoms with Crippen LogP contribution >= 0.6 is 0 Å². The molecule has 0 radical (unpaired) electrons. The van der Waals surface area contributed by atoms with Gasteiger partial charge in [-0.3, -0.25) is 0 Å². The van der Waals surface area contributed by atoms with Crippen LogP contribution in [-0.2, 0) is 0 Å². The molecule has 21 heavy (non-hydrogen) atoms. The molecule has 0 aromatic carbocycles. The smallest absolute Gasteiger partial charge is 0.0831 e. The molecule has 3 atom stereocenters. The fourth-order valence-electron chi connectivity index (χ4n) is 4.66. The van der Waals surface area contributed by atoms with Gasteiger partial charge in [0.15, 0.2) is 0 Å². The van der Waals surface area contributed by atoms with E-state index in [0.717, 1.165) is 0 Å². The van der Waals surface area contributed by atoms with Crippen molar-refractivity contribution in [3.8, 4) is 0 Å². The van der Waals surface area contributed by atoms with Gasteiger partial charge in [-0.25, -0.2) is 0 Å². The van der Waals surface area contributed by atoms with E-state index in [2.05, 4.69) is 46.4 Å². The summed E-state index contributed by atoms with van der Waals surface area (Å²) in [7, 11) is 0. The maximum Gasteiger partial charge on any atom is 0.0831 e. The molecule has 0 saturated heterocycles. The van der Waals surface area contributed by atoms with Crippen LogP contribution in [0.25, 0.3) is 0 Å². The van der Waals surface area contributed by atoms with Crippen molar-refractivity contribution in [2.45, 2.75) is 72.3 Å². The lowest BCUT2D eigenvalue weighted by molar-refractivity contribution is 0.0254. The Bertz CT molecular complexity index is 478. The Balaban J connectivity index is 2.39.